The Hall–Kier alpha value is -3.69. The number of ether oxygens (including phenoxy) is 2. The predicted molar refractivity (Wildman–Crippen MR) is 144 cm³/mol. The van der Waals surface area contributed by atoms with Crippen molar-refractivity contribution < 1.29 is 23.5 Å². The number of carbonyl (C=O) groups is 2. The highest BCUT2D eigenvalue weighted by molar-refractivity contribution is 6.30. The third kappa shape index (κ3) is 5.04. The zero-order valence-corrected chi connectivity index (χ0v) is 22.5. The van der Waals surface area contributed by atoms with E-state index in [0.29, 0.717) is 26.0 Å². The number of nitrogens with zero attached hydrogens (tertiary/aromatic N) is 2. The molecule has 2 amide bonds. The van der Waals surface area contributed by atoms with Gasteiger partial charge in [0.2, 0.25) is 5.43 Å². The molecule has 5 rings (SSSR count). The van der Waals surface area contributed by atoms with Gasteiger partial charge < -0.3 is 24.3 Å². The van der Waals surface area contributed by atoms with Crippen LogP contribution in [0.25, 0.3) is 0 Å². The zero-order chi connectivity index (χ0) is 27.7. The second-order valence-corrected chi connectivity index (χ2v) is 10.6. The first-order valence-corrected chi connectivity index (χ1v) is 13.0. The van der Waals surface area contributed by atoms with Gasteiger partial charge in [-0.15, -0.1) is 0 Å². The van der Waals surface area contributed by atoms with Gasteiger partial charge in [0.25, 0.3) is 11.8 Å². The van der Waals surface area contributed by atoms with Crippen molar-refractivity contribution in [3.63, 3.8) is 0 Å². The molecule has 3 aromatic rings. The predicted octanol–water partition coefficient (Wildman–Crippen LogP) is 3.99. The number of carbonyl (C=O) groups excluding carboxylic acids is 2. The lowest BCUT2D eigenvalue weighted by Gasteiger charge is -2.54. The van der Waals surface area contributed by atoms with Crippen molar-refractivity contribution in [3.8, 4) is 5.75 Å². The number of rotatable bonds is 8. The molecule has 1 aliphatic heterocycles. The molecule has 1 aromatic heterocycles. The molecule has 2 aromatic carbocycles. The molecule has 1 spiro atoms. The van der Waals surface area contributed by atoms with Crippen molar-refractivity contribution in [2.24, 2.45) is 5.92 Å². The Balaban J connectivity index is 1.55. The van der Waals surface area contributed by atoms with Crippen molar-refractivity contribution in [3.05, 3.63) is 98.2 Å². The average molecular weight is 554 g/mol. The Kier molecular flexibility index (Phi) is 7.46. The number of pyridine rings is 1. The SMILES string of the molecule is COC[C@H]1C[C@@]2(CN(C)C(=O)c3c(OCc4ccccc4)c(=O)c(C(=O)NCc4cccc(Cl)c4F)cn32)C1. The highest BCUT2D eigenvalue weighted by Crippen LogP contribution is 2.48. The van der Waals surface area contributed by atoms with E-state index >= 15 is 0 Å². The Morgan fingerprint density at radius 1 is 1.15 bits per heavy atom. The summed E-state index contributed by atoms with van der Waals surface area (Å²) in [6.45, 7) is 0.868. The summed E-state index contributed by atoms with van der Waals surface area (Å²) in [5.41, 5.74) is -0.281. The lowest BCUT2D eigenvalue weighted by Crippen LogP contribution is -2.60. The monoisotopic (exact) mass is 553 g/mol. The summed E-state index contributed by atoms with van der Waals surface area (Å²) >= 11 is 5.87. The van der Waals surface area contributed by atoms with Crippen molar-refractivity contribution in [1.82, 2.24) is 14.8 Å². The summed E-state index contributed by atoms with van der Waals surface area (Å²) in [4.78, 5) is 42.0. The van der Waals surface area contributed by atoms with Gasteiger partial charge >= 0.3 is 0 Å². The maximum Gasteiger partial charge on any atom is 0.274 e. The molecule has 2 aliphatic rings. The van der Waals surface area contributed by atoms with E-state index in [-0.39, 0.29) is 52.6 Å². The molecular formula is C29H29ClFN3O5. The van der Waals surface area contributed by atoms with Crippen LogP contribution in [0.4, 0.5) is 4.39 Å². The maximum absolute atomic E-state index is 14.4. The van der Waals surface area contributed by atoms with Gasteiger partial charge in [-0.3, -0.25) is 14.4 Å². The largest absolute Gasteiger partial charge is 0.483 e. The average Bonchev–Trinajstić information content (AvgIpc) is 2.91. The second kappa shape index (κ2) is 10.8. The van der Waals surface area contributed by atoms with Crippen molar-refractivity contribution in [2.75, 3.05) is 27.3 Å². The van der Waals surface area contributed by atoms with Crippen LogP contribution in [0.1, 0.15) is 44.8 Å². The molecule has 0 radical (unpaired) electrons. The van der Waals surface area contributed by atoms with E-state index in [1.54, 1.807) is 29.7 Å². The zero-order valence-electron chi connectivity index (χ0n) is 21.7. The highest BCUT2D eigenvalue weighted by atomic mass is 35.5. The quantitative estimate of drug-likeness (QED) is 0.456. The molecule has 0 bridgehead atoms. The number of hydrogen-bond donors (Lipinski definition) is 1. The van der Waals surface area contributed by atoms with Crippen LogP contribution in [0.3, 0.4) is 0 Å². The Labute approximate surface area is 230 Å². The topological polar surface area (TPSA) is 89.9 Å². The molecule has 1 aliphatic carbocycles. The summed E-state index contributed by atoms with van der Waals surface area (Å²) in [5.74, 6) is -1.59. The number of halogens is 2. The van der Waals surface area contributed by atoms with Crippen LogP contribution in [0.15, 0.2) is 59.5 Å². The van der Waals surface area contributed by atoms with Gasteiger partial charge in [-0.05, 0) is 30.4 Å². The number of amides is 2. The summed E-state index contributed by atoms with van der Waals surface area (Å²) in [6.07, 6.45) is 2.87. The van der Waals surface area contributed by atoms with Crippen LogP contribution in [-0.2, 0) is 23.4 Å². The summed E-state index contributed by atoms with van der Waals surface area (Å²) in [6, 6.07) is 13.7. The molecule has 2 heterocycles. The summed E-state index contributed by atoms with van der Waals surface area (Å²) in [5, 5.41) is 2.56. The molecule has 1 N–H and O–H groups in total. The second-order valence-electron chi connectivity index (χ2n) is 10.2. The molecule has 8 nitrogen and oxygen atoms in total. The fourth-order valence-corrected chi connectivity index (χ4v) is 5.81. The van der Waals surface area contributed by atoms with Gasteiger partial charge in [-0.25, -0.2) is 4.39 Å². The van der Waals surface area contributed by atoms with Crippen LogP contribution in [0.5, 0.6) is 5.75 Å². The first-order chi connectivity index (χ1) is 18.7. The van der Waals surface area contributed by atoms with Gasteiger partial charge in [0.15, 0.2) is 11.4 Å². The van der Waals surface area contributed by atoms with E-state index in [1.807, 2.05) is 30.3 Å². The van der Waals surface area contributed by atoms with Crippen LogP contribution >= 0.6 is 11.6 Å². The number of aromatic nitrogens is 1. The lowest BCUT2D eigenvalue weighted by atomic mass is 9.67. The summed E-state index contributed by atoms with van der Waals surface area (Å²) < 4.78 is 27.5. The Bertz CT molecular complexity index is 1470. The minimum absolute atomic E-state index is 0.0399. The molecular weight excluding hydrogens is 525 g/mol. The van der Waals surface area contributed by atoms with Gasteiger partial charge in [0, 0.05) is 45.6 Å². The molecule has 1 fully saturated rings. The van der Waals surface area contributed by atoms with E-state index < -0.39 is 22.7 Å². The van der Waals surface area contributed by atoms with Crippen molar-refractivity contribution in [2.45, 2.75) is 31.5 Å². The molecule has 204 valence electrons. The molecule has 39 heavy (non-hydrogen) atoms. The Morgan fingerprint density at radius 2 is 1.90 bits per heavy atom. The lowest BCUT2D eigenvalue weighted by molar-refractivity contribution is -0.0192. The first kappa shape index (κ1) is 26.9. The molecule has 0 saturated heterocycles. The molecule has 0 unspecified atom stereocenters. The van der Waals surface area contributed by atoms with Gasteiger partial charge in [0.05, 0.1) is 10.6 Å². The van der Waals surface area contributed by atoms with Gasteiger partial charge in [0.1, 0.15) is 18.0 Å². The van der Waals surface area contributed by atoms with Gasteiger partial charge in [-0.2, -0.15) is 0 Å². The molecule has 1 saturated carbocycles. The van der Waals surface area contributed by atoms with E-state index in [0.717, 1.165) is 5.56 Å². The Morgan fingerprint density at radius 3 is 2.62 bits per heavy atom. The van der Waals surface area contributed by atoms with Crippen LogP contribution in [-0.4, -0.2) is 48.6 Å². The minimum atomic E-state index is -0.701. The smallest absolute Gasteiger partial charge is 0.274 e. The number of fused-ring (bicyclic) bond motifs is 2. The fourth-order valence-electron chi connectivity index (χ4n) is 5.61. The number of hydrogen-bond acceptors (Lipinski definition) is 5. The first-order valence-electron chi connectivity index (χ1n) is 12.7. The standard InChI is InChI=1S/C29H29ClFN3O5/c1-33-17-29(11-19(12-29)15-38-2)34-14-21(27(36)32-13-20-9-6-10-22(30)23(20)31)25(35)26(24(34)28(33)37)39-16-18-7-4-3-5-8-18/h3-10,14,19H,11-13,15-17H2,1-2H3,(H,32,36)/t19-,29-. The number of likely N-dealkylation sites (N-methyl/N-ethyl adjacent to an activating group) is 1. The number of nitrogens with one attached hydrogen (secondary N) is 1. The third-order valence-electron chi connectivity index (χ3n) is 7.44. The number of methoxy groups -OCH3 is 1. The fraction of sp³-hybridized carbons (Fsp3) is 0.345. The van der Waals surface area contributed by atoms with E-state index in [2.05, 4.69) is 5.32 Å². The third-order valence-corrected chi connectivity index (χ3v) is 7.73. The maximum atomic E-state index is 14.4. The number of benzene rings is 2. The molecule has 10 heteroatoms. The normalized spacial score (nSPS) is 19.9. The van der Waals surface area contributed by atoms with E-state index in [4.69, 9.17) is 21.1 Å². The van der Waals surface area contributed by atoms with Crippen LogP contribution in [0, 0.1) is 11.7 Å². The van der Waals surface area contributed by atoms with Crippen molar-refractivity contribution >= 4 is 23.4 Å². The van der Waals surface area contributed by atoms with E-state index in [1.165, 1.54) is 18.3 Å². The van der Waals surface area contributed by atoms with E-state index in [9.17, 15) is 18.8 Å². The van der Waals surface area contributed by atoms with Gasteiger partial charge in [-0.1, -0.05) is 54.1 Å². The minimum Gasteiger partial charge on any atom is -0.483 e. The highest BCUT2D eigenvalue weighted by Gasteiger charge is 2.52. The van der Waals surface area contributed by atoms with Crippen LogP contribution in [0.2, 0.25) is 5.02 Å². The summed E-state index contributed by atoms with van der Waals surface area (Å²) in [7, 11) is 3.34. The molecule has 0 atom stereocenters. The van der Waals surface area contributed by atoms with Crippen LogP contribution < -0.4 is 15.5 Å². The van der Waals surface area contributed by atoms with Crippen molar-refractivity contribution in [1.29, 1.82) is 0 Å².